The molecule has 0 aromatic heterocycles. The standard InChI is InChI=1S/C15H24O3/c1-8-4-3-5-10-12(8)11(6-16)13-9(2)7-18-15(13)14(10)17/h6,8-15,17H,3-5,7H2,1-2H3/t8-,9?,10?,11?,12?,13?,14?,15?/m0/s1. The van der Waals surface area contributed by atoms with Gasteiger partial charge in [-0.15, -0.1) is 0 Å². The number of aliphatic hydroxyl groups excluding tert-OH is 1. The van der Waals surface area contributed by atoms with Crippen LogP contribution in [0.4, 0.5) is 0 Å². The summed E-state index contributed by atoms with van der Waals surface area (Å²) in [6.45, 7) is 5.10. The van der Waals surface area contributed by atoms with Crippen molar-refractivity contribution in [1.29, 1.82) is 0 Å². The minimum Gasteiger partial charge on any atom is -0.390 e. The van der Waals surface area contributed by atoms with Gasteiger partial charge in [0.15, 0.2) is 0 Å². The predicted octanol–water partition coefficient (Wildman–Crippen LogP) is 1.88. The molecule has 3 aliphatic rings. The minimum absolute atomic E-state index is 0.0937. The topological polar surface area (TPSA) is 46.5 Å². The highest BCUT2D eigenvalue weighted by Gasteiger charge is 2.56. The number of ether oxygens (including phenoxy) is 1. The number of hydrogen-bond acceptors (Lipinski definition) is 3. The molecule has 3 rings (SSSR count). The van der Waals surface area contributed by atoms with Gasteiger partial charge in [0.05, 0.1) is 18.8 Å². The highest BCUT2D eigenvalue weighted by molar-refractivity contribution is 5.56. The molecule has 2 aliphatic carbocycles. The smallest absolute Gasteiger partial charge is 0.123 e. The fourth-order valence-corrected chi connectivity index (χ4v) is 4.96. The molecule has 8 atom stereocenters. The molecule has 0 aromatic carbocycles. The molecule has 1 saturated heterocycles. The van der Waals surface area contributed by atoms with Crippen molar-refractivity contribution in [2.45, 2.75) is 45.3 Å². The molecule has 0 bridgehead atoms. The van der Waals surface area contributed by atoms with E-state index in [4.69, 9.17) is 4.74 Å². The number of rotatable bonds is 1. The first-order chi connectivity index (χ1) is 8.65. The molecule has 18 heavy (non-hydrogen) atoms. The Bertz CT molecular complexity index is 330. The van der Waals surface area contributed by atoms with E-state index in [2.05, 4.69) is 13.8 Å². The van der Waals surface area contributed by atoms with Crippen LogP contribution in [0.5, 0.6) is 0 Å². The Balaban J connectivity index is 1.95. The summed E-state index contributed by atoms with van der Waals surface area (Å²) in [5.41, 5.74) is 0. The van der Waals surface area contributed by atoms with E-state index in [1.54, 1.807) is 0 Å². The van der Waals surface area contributed by atoms with Crippen molar-refractivity contribution in [2.24, 2.45) is 35.5 Å². The molecule has 0 amide bonds. The minimum atomic E-state index is -0.358. The van der Waals surface area contributed by atoms with Gasteiger partial charge in [0.1, 0.15) is 6.29 Å². The molecule has 1 heterocycles. The Hall–Kier alpha value is -0.410. The maximum Gasteiger partial charge on any atom is 0.123 e. The molecular weight excluding hydrogens is 228 g/mol. The lowest BCUT2D eigenvalue weighted by atomic mass is 9.55. The van der Waals surface area contributed by atoms with Crippen molar-refractivity contribution >= 4 is 6.29 Å². The Morgan fingerprint density at radius 2 is 1.94 bits per heavy atom. The second-order valence-electron chi connectivity index (χ2n) is 6.71. The van der Waals surface area contributed by atoms with E-state index in [-0.39, 0.29) is 30.0 Å². The maximum atomic E-state index is 11.6. The summed E-state index contributed by atoms with van der Waals surface area (Å²) < 4.78 is 5.79. The van der Waals surface area contributed by atoms with E-state index in [1.165, 1.54) is 12.8 Å². The summed E-state index contributed by atoms with van der Waals surface area (Å²) in [4.78, 5) is 11.6. The highest BCUT2D eigenvalue weighted by Crippen LogP contribution is 2.52. The molecule has 3 heteroatoms. The average Bonchev–Trinajstić information content (AvgIpc) is 2.74. The number of fused-ring (bicyclic) bond motifs is 2. The second-order valence-corrected chi connectivity index (χ2v) is 6.71. The summed E-state index contributed by atoms with van der Waals surface area (Å²) in [6.07, 6.45) is 4.14. The zero-order valence-corrected chi connectivity index (χ0v) is 11.3. The molecule has 3 nitrogen and oxygen atoms in total. The van der Waals surface area contributed by atoms with Crippen LogP contribution in [0.15, 0.2) is 0 Å². The Kier molecular flexibility index (Phi) is 3.23. The lowest BCUT2D eigenvalue weighted by Gasteiger charge is -2.51. The maximum absolute atomic E-state index is 11.6. The van der Waals surface area contributed by atoms with Crippen LogP contribution in [0.1, 0.15) is 33.1 Å². The molecule has 7 unspecified atom stereocenters. The summed E-state index contributed by atoms with van der Waals surface area (Å²) in [7, 11) is 0. The van der Waals surface area contributed by atoms with Crippen molar-refractivity contribution in [3.63, 3.8) is 0 Å². The van der Waals surface area contributed by atoms with Crippen LogP contribution in [0.2, 0.25) is 0 Å². The van der Waals surface area contributed by atoms with Gasteiger partial charge in [0.2, 0.25) is 0 Å². The number of aldehydes is 1. The Morgan fingerprint density at radius 1 is 1.17 bits per heavy atom. The van der Waals surface area contributed by atoms with Crippen LogP contribution < -0.4 is 0 Å². The van der Waals surface area contributed by atoms with Gasteiger partial charge < -0.3 is 14.6 Å². The van der Waals surface area contributed by atoms with Gasteiger partial charge in [-0.3, -0.25) is 0 Å². The summed E-state index contributed by atoms with van der Waals surface area (Å²) in [5.74, 6) is 1.93. The van der Waals surface area contributed by atoms with Crippen molar-refractivity contribution in [2.75, 3.05) is 6.61 Å². The molecule has 102 valence electrons. The number of aliphatic hydroxyl groups is 1. The largest absolute Gasteiger partial charge is 0.390 e. The number of carbonyl (C=O) groups excluding carboxylic acids is 1. The zero-order chi connectivity index (χ0) is 12.9. The number of hydrogen-bond donors (Lipinski definition) is 1. The molecule has 1 N–H and O–H groups in total. The first-order valence-electron chi connectivity index (χ1n) is 7.40. The van der Waals surface area contributed by atoms with Crippen LogP contribution in [0, 0.1) is 35.5 Å². The molecule has 0 aromatic rings. The van der Waals surface area contributed by atoms with E-state index in [9.17, 15) is 9.90 Å². The van der Waals surface area contributed by atoms with Gasteiger partial charge in [0.25, 0.3) is 0 Å². The molecule has 2 saturated carbocycles. The molecule has 0 radical (unpaired) electrons. The van der Waals surface area contributed by atoms with E-state index in [1.807, 2.05) is 0 Å². The molecule has 0 spiro atoms. The third-order valence-corrected chi connectivity index (χ3v) is 5.76. The van der Waals surface area contributed by atoms with Crippen LogP contribution >= 0.6 is 0 Å². The Morgan fingerprint density at radius 3 is 2.67 bits per heavy atom. The van der Waals surface area contributed by atoms with Crippen molar-refractivity contribution in [3.8, 4) is 0 Å². The van der Waals surface area contributed by atoms with E-state index in [0.29, 0.717) is 24.4 Å². The van der Waals surface area contributed by atoms with Gasteiger partial charge >= 0.3 is 0 Å². The van der Waals surface area contributed by atoms with Gasteiger partial charge in [-0.05, 0) is 30.1 Å². The van der Waals surface area contributed by atoms with Crippen molar-refractivity contribution in [1.82, 2.24) is 0 Å². The first kappa shape index (κ1) is 12.6. The summed E-state index contributed by atoms with van der Waals surface area (Å²) in [6, 6.07) is 0. The van der Waals surface area contributed by atoms with Crippen molar-refractivity contribution < 1.29 is 14.6 Å². The summed E-state index contributed by atoms with van der Waals surface area (Å²) >= 11 is 0. The molecule has 1 aliphatic heterocycles. The van der Waals surface area contributed by atoms with Crippen LogP contribution in [0.3, 0.4) is 0 Å². The van der Waals surface area contributed by atoms with Crippen LogP contribution in [0.25, 0.3) is 0 Å². The molecular formula is C15H24O3. The van der Waals surface area contributed by atoms with Crippen molar-refractivity contribution in [3.05, 3.63) is 0 Å². The van der Waals surface area contributed by atoms with Gasteiger partial charge in [-0.2, -0.15) is 0 Å². The van der Waals surface area contributed by atoms with E-state index in [0.717, 1.165) is 12.7 Å². The SMILES string of the molecule is CC1COC2C(O)C3CCC[C@H](C)C3C(C=O)C12. The summed E-state index contributed by atoms with van der Waals surface area (Å²) in [5, 5.41) is 10.6. The Labute approximate surface area is 109 Å². The van der Waals surface area contributed by atoms with Crippen LogP contribution in [-0.4, -0.2) is 30.2 Å². The van der Waals surface area contributed by atoms with Gasteiger partial charge in [0, 0.05) is 11.8 Å². The predicted molar refractivity (Wildman–Crippen MR) is 67.9 cm³/mol. The lowest BCUT2D eigenvalue weighted by Crippen LogP contribution is -2.55. The number of carbonyl (C=O) groups is 1. The fraction of sp³-hybridized carbons (Fsp3) is 0.933. The fourth-order valence-electron chi connectivity index (χ4n) is 4.96. The van der Waals surface area contributed by atoms with Gasteiger partial charge in [-0.25, -0.2) is 0 Å². The first-order valence-corrected chi connectivity index (χ1v) is 7.40. The molecule has 3 fully saturated rings. The monoisotopic (exact) mass is 252 g/mol. The third-order valence-electron chi connectivity index (χ3n) is 5.76. The van der Waals surface area contributed by atoms with E-state index < -0.39 is 0 Å². The zero-order valence-electron chi connectivity index (χ0n) is 11.3. The average molecular weight is 252 g/mol. The normalized spacial score (nSPS) is 55.7. The highest BCUT2D eigenvalue weighted by atomic mass is 16.5. The quantitative estimate of drug-likeness (QED) is 0.725. The second kappa shape index (κ2) is 4.61. The van der Waals surface area contributed by atoms with Crippen LogP contribution in [-0.2, 0) is 9.53 Å². The van der Waals surface area contributed by atoms with E-state index >= 15 is 0 Å². The third kappa shape index (κ3) is 1.67. The van der Waals surface area contributed by atoms with Gasteiger partial charge in [-0.1, -0.05) is 26.7 Å². The lowest BCUT2D eigenvalue weighted by molar-refractivity contribution is -0.148.